The van der Waals surface area contributed by atoms with Crippen molar-refractivity contribution in [3.8, 4) is 0 Å². The van der Waals surface area contributed by atoms with Gasteiger partial charge in [-0.25, -0.2) is 0 Å². The van der Waals surface area contributed by atoms with E-state index >= 15 is 0 Å². The van der Waals surface area contributed by atoms with Gasteiger partial charge in [-0.1, -0.05) is 48.0 Å². The molecule has 0 rings (SSSR count). The number of nitrogens with two attached hydrogens (primary N) is 5. The van der Waals surface area contributed by atoms with E-state index in [4.69, 9.17) is 54.2 Å². The van der Waals surface area contributed by atoms with Crippen LogP contribution in [0.2, 0.25) is 0 Å². The van der Waals surface area contributed by atoms with Crippen LogP contribution in [-0.4, -0.2) is 97.6 Å². The Morgan fingerprint density at radius 1 is 0.634 bits per heavy atom. The third kappa shape index (κ3) is 37.5. The summed E-state index contributed by atoms with van der Waals surface area (Å²) >= 11 is 1.60. The quantitative estimate of drug-likeness (QED) is 0.134. The minimum Gasteiger partial charge on any atom is -0.480 e. The van der Waals surface area contributed by atoms with Gasteiger partial charge in [0.05, 0.1) is 0 Å². The van der Waals surface area contributed by atoms with Crippen molar-refractivity contribution in [3.05, 3.63) is 0 Å². The van der Waals surface area contributed by atoms with Gasteiger partial charge in [0.2, 0.25) is 0 Å². The maximum absolute atomic E-state index is 10.2. The van der Waals surface area contributed by atoms with Crippen molar-refractivity contribution in [1.29, 1.82) is 0 Å². The Labute approximate surface area is 247 Å². The predicted octanol–water partition coefficient (Wildman–Crippen LogP) is 0.513. The smallest absolute Gasteiger partial charge is 0.320 e. The molecule has 0 spiro atoms. The Bertz CT molecular complexity index is 727. The average molecular weight is 618 g/mol. The second-order valence-electron chi connectivity index (χ2n) is 9.78. The summed E-state index contributed by atoms with van der Waals surface area (Å²) in [5.41, 5.74) is 25.7. The van der Waals surface area contributed by atoms with Crippen LogP contribution >= 0.6 is 11.8 Å². The predicted molar refractivity (Wildman–Crippen MR) is 160 cm³/mol. The van der Waals surface area contributed by atoms with Gasteiger partial charge in [-0.15, -0.1) is 0 Å². The summed E-state index contributed by atoms with van der Waals surface area (Å²) in [4.78, 5) is 49.9. The lowest BCUT2D eigenvalue weighted by Gasteiger charge is -2.11. The molecule has 0 heterocycles. The van der Waals surface area contributed by atoms with Crippen molar-refractivity contribution >= 4 is 41.6 Å². The van der Waals surface area contributed by atoms with Crippen molar-refractivity contribution in [2.24, 2.45) is 46.4 Å². The maximum Gasteiger partial charge on any atom is 0.320 e. The molecule has 0 saturated heterocycles. The van der Waals surface area contributed by atoms with Crippen LogP contribution < -0.4 is 28.7 Å². The van der Waals surface area contributed by atoms with E-state index in [9.17, 15) is 24.0 Å². The maximum atomic E-state index is 10.2. The van der Waals surface area contributed by atoms with Crippen LogP contribution in [-0.2, 0) is 24.0 Å². The van der Waals surface area contributed by atoms with E-state index in [1.807, 2.05) is 34.0 Å². The second-order valence-corrected chi connectivity index (χ2v) is 10.8. The zero-order chi connectivity index (χ0) is 34.0. The summed E-state index contributed by atoms with van der Waals surface area (Å²) in [5, 5.41) is 41.0. The van der Waals surface area contributed by atoms with Gasteiger partial charge in [0.25, 0.3) is 0 Å². The van der Waals surface area contributed by atoms with Gasteiger partial charge in [-0.3, -0.25) is 24.0 Å². The van der Waals surface area contributed by atoms with Gasteiger partial charge >= 0.3 is 29.8 Å². The Morgan fingerprint density at radius 3 is 1.12 bits per heavy atom. The minimum absolute atomic E-state index is 0.0208. The van der Waals surface area contributed by atoms with Gasteiger partial charge in [0.1, 0.15) is 30.2 Å². The molecule has 0 aliphatic rings. The summed E-state index contributed by atoms with van der Waals surface area (Å²) < 4.78 is 0. The monoisotopic (exact) mass is 617 g/mol. The van der Waals surface area contributed by atoms with E-state index in [0.717, 1.165) is 12.2 Å². The number of hydrogen-bond acceptors (Lipinski definition) is 11. The van der Waals surface area contributed by atoms with Crippen molar-refractivity contribution in [3.63, 3.8) is 0 Å². The molecule has 16 heteroatoms. The number of thioether (sulfide) groups is 1. The van der Waals surface area contributed by atoms with E-state index in [0.29, 0.717) is 18.8 Å². The fourth-order valence-electron chi connectivity index (χ4n) is 1.76. The number of carboxylic acids is 5. The summed E-state index contributed by atoms with van der Waals surface area (Å²) in [6, 6.07) is -3.52. The van der Waals surface area contributed by atoms with Gasteiger partial charge in [0, 0.05) is 0 Å². The second kappa shape index (κ2) is 29.0. The molecule has 246 valence electrons. The highest BCUT2D eigenvalue weighted by Gasteiger charge is 2.17. The van der Waals surface area contributed by atoms with E-state index in [1.54, 1.807) is 25.6 Å². The molecule has 0 bridgehead atoms. The van der Waals surface area contributed by atoms with Gasteiger partial charge in [-0.05, 0) is 49.5 Å². The van der Waals surface area contributed by atoms with E-state index < -0.39 is 60.1 Å². The molecule has 0 aromatic rings. The average Bonchev–Trinajstić information content (AvgIpc) is 2.86. The lowest BCUT2D eigenvalue weighted by atomic mass is 10.0. The number of rotatable bonds is 13. The highest BCUT2D eigenvalue weighted by Crippen LogP contribution is 2.04. The molecule has 0 saturated carbocycles. The van der Waals surface area contributed by atoms with Crippen molar-refractivity contribution in [1.82, 2.24) is 0 Å². The molecule has 0 aliphatic carbocycles. The summed E-state index contributed by atoms with van der Waals surface area (Å²) in [6.45, 7) is 12.6. The zero-order valence-electron chi connectivity index (χ0n) is 25.5. The molecule has 0 aliphatic heterocycles. The number of hydrogen-bond donors (Lipinski definition) is 10. The largest absolute Gasteiger partial charge is 0.480 e. The molecule has 0 amide bonds. The normalized spacial score (nSPS) is 14.3. The van der Waals surface area contributed by atoms with Gasteiger partial charge in [0.15, 0.2) is 0 Å². The third-order valence-corrected chi connectivity index (χ3v) is 5.57. The van der Waals surface area contributed by atoms with Crippen LogP contribution in [0, 0.1) is 17.8 Å². The Morgan fingerprint density at radius 2 is 1.00 bits per heavy atom. The molecule has 15 nitrogen and oxygen atoms in total. The van der Waals surface area contributed by atoms with Gasteiger partial charge in [-0.2, -0.15) is 11.8 Å². The van der Waals surface area contributed by atoms with Crippen LogP contribution in [0.4, 0.5) is 0 Å². The molecule has 0 aromatic heterocycles. The molecular formula is C25H55N5O10S. The number of aliphatic carboxylic acids is 5. The first-order valence-corrected chi connectivity index (χ1v) is 14.3. The minimum atomic E-state index is -0.963. The van der Waals surface area contributed by atoms with E-state index in [1.165, 1.54) is 6.92 Å². The first kappa shape index (κ1) is 48.2. The van der Waals surface area contributed by atoms with Gasteiger partial charge < -0.3 is 54.2 Å². The summed E-state index contributed by atoms with van der Waals surface area (Å²) in [5.74, 6) is -3.37. The Kier molecular flexibility index (Phi) is 34.1. The lowest BCUT2D eigenvalue weighted by Crippen LogP contribution is -2.36. The molecule has 15 N–H and O–H groups in total. The highest BCUT2D eigenvalue weighted by molar-refractivity contribution is 7.98. The van der Waals surface area contributed by atoms with Crippen LogP contribution in [0.5, 0.6) is 0 Å². The highest BCUT2D eigenvalue weighted by atomic mass is 32.2. The molecule has 0 radical (unpaired) electrons. The third-order valence-electron chi connectivity index (χ3n) is 4.93. The van der Waals surface area contributed by atoms with Crippen LogP contribution in [0.3, 0.4) is 0 Å². The first-order valence-electron chi connectivity index (χ1n) is 12.9. The van der Waals surface area contributed by atoms with Crippen LogP contribution in [0.25, 0.3) is 0 Å². The molecule has 6 atom stereocenters. The zero-order valence-corrected chi connectivity index (χ0v) is 26.3. The fourth-order valence-corrected chi connectivity index (χ4v) is 2.25. The Hall–Kier alpha value is -2.50. The molecule has 0 aromatic carbocycles. The van der Waals surface area contributed by atoms with E-state index in [-0.39, 0.29) is 11.8 Å². The number of carbonyl (C=O) groups is 5. The fraction of sp³-hybridized carbons (Fsp3) is 0.800. The van der Waals surface area contributed by atoms with E-state index in [2.05, 4.69) is 0 Å². The first-order chi connectivity index (χ1) is 18.5. The van der Waals surface area contributed by atoms with Crippen molar-refractivity contribution < 1.29 is 49.5 Å². The SMILES string of the molecule is CC(C)C[C@H](N)C(=O)O.CC(C)[C@H](N)C(=O)O.CC[C@H](C)[C@H](N)C(=O)O.CSCC[C@H](N)C(=O)O.C[C@H](N)C(=O)O. The number of carboxylic acid groups (broad SMARTS) is 5. The summed E-state index contributed by atoms with van der Waals surface area (Å²) in [7, 11) is 0. The standard InChI is InChI=1S/2C6H13NO2.C5H11NO2S.C5H11NO2.C3H7NO2/c1-4(2)3-5(7)6(8)9;1-3-4(2)5(7)6(8)9;1-9-3-2-4(6)5(7)8;1-3(2)4(6)5(7)8;1-2(4)3(5)6/h2*4-5H,3,7H2,1-2H3,(H,8,9);4H,2-3,6H2,1H3,(H,7,8);3-4H,6H2,1-2H3,(H,7,8);2H,4H2,1H3,(H,5,6)/t5-;4-,5-;2*4-;2-/m00000/s1. The molecule has 0 fully saturated rings. The lowest BCUT2D eigenvalue weighted by molar-refractivity contribution is -0.140. The van der Waals surface area contributed by atoms with Crippen molar-refractivity contribution in [2.75, 3.05) is 12.0 Å². The molecular weight excluding hydrogens is 562 g/mol. The molecule has 41 heavy (non-hydrogen) atoms. The molecule has 0 unspecified atom stereocenters. The van der Waals surface area contributed by atoms with Crippen LogP contribution in [0.1, 0.15) is 67.7 Å². The Balaban J connectivity index is -0.000000133. The summed E-state index contributed by atoms with van der Waals surface area (Å²) in [6.07, 6.45) is 3.84. The van der Waals surface area contributed by atoms with Crippen LogP contribution in [0.15, 0.2) is 0 Å². The topological polar surface area (TPSA) is 317 Å². The van der Waals surface area contributed by atoms with Crippen molar-refractivity contribution in [2.45, 2.75) is 97.9 Å².